The first-order valence-corrected chi connectivity index (χ1v) is 5.27. The first-order chi connectivity index (χ1) is 6.28. The number of likely N-dealkylation sites (tertiary alicyclic amines) is 1. The van der Waals surface area contributed by atoms with Crippen molar-refractivity contribution in [2.24, 2.45) is 0 Å². The van der Waals surface area contributed by atoms with Gasteiger partial charge in [-0.1, -0.05) is 13.0 Å². The van der Waals surface area contributed by atoms with Crippen molar-refractivity contribution in [1.82, 2.24) is 4.90 Å². The van der Waals surface area contributed by atoms with Gasteiger partial charge in [-0.05, 0) is 38.2 Å². The van der Waals surface area contributed by atoms with Gasteiger partial charge in [-0.3, -0.25) is 4.79 Å². The van der Waals surface area contributed by atoms with E-state index in [4.69, 9.17) is 0 Å². The Morgan fingerprint density at radius 3 is 2.62 bits per heavy atom. The first-order valence-electron chi connectivity index (χ1n) is 5.27. The molecule has 0 aromatic carbocycles. The maximum absolute atomic E-state index is 11.6. The number of hydrogen-bond donors (Lipinski definition) is 0. The molecular weight excluding hydrogens is 162 g/mol. The van der Waals surface area contributed by atoms with Gasteiger partial charge in [0.15, 0.2) is 0 Å². The van der Waals surface area contributed by atoms with Crippen LogP contribution in [0.25, 0.3) is 0 Å². The first kappa shape index (κ1) is 8.79. The van der Waals surface area contributed by atoms with E-state index in [1.54, 1.807) is 6.08 Å². The molecule has 2 aliphatic rings. The molecule has 0 aromatic rings. The topological polar surface area (TPSA) is 20.3 Å². The highest BCUT2D eigenvalue weighted by Crippen LogP contribution is 2.46. The van der Waals surface area contributed by atoms with Gasteiger partial charge >= 0.3 is 0 Å². The number of hydrogen-bond acceptors (Lipinski definition) is 1. The van der Waals surface area contributed by atoms with E-state index in [-0.39, 0.29) is 5.91 Å². The largest absolute Gasteiger partial charge is 0.333 e. The van der Waals surface area contributed by atoms with Crippen molar-refractivity contribution >= 4 is 5.91 Å². The van der Waals surface area contributed by atoms with E-state index in [2.05, 4.69) is 11.8 Å². The Labute approximate surface area is 79.6 Å². The highest BCUT2D eigenvalue weighted by Gasteiger charge is 2.50. The van der Waals surface area contributed by atoms with Crippen molar-refractivity contribution in [3.05, 3.63) is 12.2 Å². The summed E-state index contributed by atoms with van der Waals surface area (Å²) < 4.78 is 0. The van der Waals surface area contributed by atoms with Gasteiger partial charge in [0.25, 0.3) is 0 Å². The van der Waals surface area contributed by atoms with Crippen LogP contribution in [0.5, 0.6) is 0 Å². The van der Waals surface area contributed by atoms with Gasteiger partial charge in [0.2, 0.25) is 5.91 Å². The minimum Gasteiger partial charge on any atom is -0.333 e. The third kappa shape index (κ3) is 1.28. The second-order valence-corrected chi connectivity index (χ2v) is 4.13. The van der Waals surface area contributed by atoms with Gasteiger partial charge < -0.3 is 4.90 Å². The quantitative estimate of drug-likeness (QED) is 0.594. The summed E-state index contributed by atoms with van der Waals surface area (Å²) in [5.74, 6) is 0.229. The number of amides is 1. The molecule has 0 radical (unpaired) electrons. The molecule has 2 rings (SSSR count). The summed E-state index contributed by atoms with van der Waals surface area (Å²) >= 11 is 0. The molecule has 1 aliphatic heterocycles. The third-order valence-electron chi connectivity index (χ3n) is 3.42. The van der Waals surface area contributed by atoms with Crippen LogP contribution in [0.2, 0.25) is 0 Å². The minimum atomic E-state index is 0.229. The molecule has 0 unspecified atom stereocenters. The van der Waals surface area contributed by atoms with Crippen LogP contribution in [0.3, 0.4) is 0 Å². The van der Waals surface area contributed by atoms with E-state index in [1.807, 2.05) is 6.08 Å². The Bertz CT molecular complexity index is 235. The molecule has 1 saturated carbocycles. The number of carbonyl (C=O) groups is 1. The number of allylic oxidation sites excluding steroid dienone is 1. The predicted molar refractivity (Wildman–Crippen MR) is 52.3 cm³/mol. The molecule has 0 atom stereocenters. The molecule has 1 saturated heterocycles. The Hall–Kier alpha value is -0.790. The Morgan fingerprint density at radius 1 is 1.46 bits per heavy atom. The fourth-order valence-corrected chi connectivity index (χ4v) is 2.30. The standard InChI is InChI=1S/C11H17NO/c1-2-3-5-10(13)12-9-8-11(12)6-4-7-11/h3,5H,2,4,6-9H2,1H3/b5-3+. The summed E-state index contributed by atoms with van der Waals surface area (Å²) in [6, 6.07) is 0. The molecule has 1 aliphatic carbocycles. The fraction of sp³-hybridized carbons (Fsp3) is 0.727. The lowest BCUT2D eigenvalue weighted by atomic mass is 9.68. The molecule has 1 amide bonds. The van der Waals surface area contributed by atoms with E-state index < -0.39 is 0 Å². The molecule has 0 aromatic heterocycles. The zero-order valence-electron chi connectivity index (χ0n) is 8.25. The van der Waals surface area contributed by atoms with E-state index >= 15 is 0 Å². The summed E-state index contributed by atoms with van der Waals surface area (Å²) in [5, 5.41) is 0. The summed E-state index contributed by atoms with van der Waals surface area (Å²) in [6.45, 7) is 3.03. The van der Waals surface area contributed by atoms with Gasteiger partial charge in [0, 0.05) is 12.1 Å². The minimum absolute atomic E-state index is 0.229. The third-order valence-corrected chi connectivity index (χ3v) is 3.42. The fourth-order valence-electron chi connectivity index (χ4n) is 2.30. The lowest BCUT2D eigenvalue weighted by Crippen LogP contribution is -2.65. The average molecular weight is 179 g/mol. The zero-order valence-corrected chi connectivity index (χ0v) is 8.25. The van der Waals surface area contributed by atoms with Gasteiger partial charge in [0.1, 0.15) is 0 Å². The molecule has 1 spiro atoms. The number of carbonyl (C=O) groups excluding carboxylic acids is 1. The molecule has 2 fully saturated rings. The van der Waals surface area contributed by atoms with Crippen molar-refractivity contribution in [3.8, 4) is 0 Å². The maximum Gasteiger partial charge on any atom is 0.246 e. The predicted octanol–water partition coefficient (Wildman–Crippen LogP) is 2.11. The van der Waals surface area contributed by atoms with Crippen molar-refractivity contribution in [3.63, 3.8) is 0 Å². The van der Waals surface area contributed by atoms with Crippen molar-refractivity contribution in [1.29, 1.82) is 0 Å². The van der Waals surface area contributed by atoms with E-state index in [0.717, 1.165) is 13.0 Å². The maximum atomic E-state index is 11.6. The summed E-state index contributed by atoms with van der Waals surface area (Å²) in [7, 11) is 0. The highest BCUT2D eigenvalue weighted by atomic mass is 16.2. The van der Waals surface area contributed by atoms with Crippen LogP contribution in [-0.4, -0.2) is 22.9 Å². The molecule has 13 heavy (non-hydrogen) atoms. The molecule has 2 nitrogen and oxygen atoms in total. The smallest absolute Gasteiger partial charge is 0.246 e. The lowest BCUT2D eigenvalue weighted by molar-refractivity contribution is -0.150. The van der Waals surface area contributed by atoms with Crippen LogP contribution in [0.15, 0.2) is 12.2 Å². The molecule has 72 valence electrons. The van der Waals surface area contributed by atoms with Crippen molar-refractivity contribution in [2.75, 3.05) is 6.54 Å². The second kappa shape index (κ2) is 3.17. The van der Waals surface area contributed by atoms with E-state index in [0.29, 0.717) is 5.54 Å². The van der Waals surface area contributed by atoms with Crippen molar-refractivity contribution < 1.29 is 4.79 Å². The van der Waals surface area contributed by atoms with E-state index in [1.165, 1.54) is 25.7 Å². The van der Waals surface area contributed by atoms with Gasteiger partial charge in [-0.15, -0.1) is 0 Å². The van der Waals surface area contributed by atoms with Gasteiger partial charge in [-0.25, -0.2) is 0 Å². The molecular formula is C11H17NO. The average Bonchev–Trinajstić information content (AvgIpc) is 1.96. The molecule has 1 heterocycles. The number of rotatable bonds is 2. The molecule has 0 bridgehead atoms. The van der Waals surface area contributed by atoms with Crippen LogP contribution >= 0.6 is 0 Å². The summed E-state index contributed by atoms with van der Waals surface area (Å²) in [6.07, 6.45) is 9.65. The molecule has 0 N–H and O–H groups in total. The van der Waals surface area contributed by atoms with Crippen LogP contribution in [-0.2, 0) is 4.79 Å². The normalized spacial score (nSPS) is 24.5. The highest BCUT2D eigenvalue weighted by molar-refractivity contribution is 5.89. The Kier molecular flexibility index (Phi) is 2.14. The zero-order chi connectivity index (χ0) is 9.31. The SMILES string of the molecule is CC/C=C/C(=O)N1CCC12CCC2. The van der Waals surface area contributed by atoms with E-state index in [9.17, 15) is 4.79 Å². The van der Waals surface area contributed by atoms with Crippen molar-refractivity contribution in [2.45, 2.75) is 44.6 Å². The second-order valence-electron chi connectivity index (χ2n) is 4.13. The lowest BCUT2D eigenvalue weighted by Gasteiger charge is -2.58. The Morgan fingerprint density at radius 2 is 2.23 bits per heavy atom. The van der Waals surface area contributed by atoms with Crippen LogP contribution < -0.4 is 0 Å². The van der Waals surface area contributed by atoms with Crippen LogP contribution in [0, 0.1) is 0 Å². The van der Waals surface area contributed by atoms with Crippen LogP contribution in [0.1, 0.15) is 39.0 Å². The van der Waals surface area contributed by atoms with Gasteiger partial charge in [-0.2, -0.15) is 0 Å². The number of nitrogens with zero attached hydrogens (tertiary/aromatic N) is 1. The Balaban J connectivity index is 1.94. The van der Waals surface area contributed by atoms with Gasteiger partial charge in [0.05, 0.1) is 0 Å². The monoisotopic (exact) mass is 179 g/mol. The van der Waals surface area contributed by atoms with Crippen LogP contribution in [0.4, 0.5) is 0 Å². The summed E-state index contributed by atoms with van der Waals surface area (Å²) in [5.41, 5.74) is 0.315. The summed E-state index contributed by atoms with van der Waals surface area (Å²) in [4.78, 5) is 13.7. The molecule has 2 heteroatoms.